The number of allylic oxidation sites excluding steroid dienone is 4. The highest BCUT2D eigenvalue weighted by Crippen LogP contribution is 2.48. The van der Waals surface area contributed by atoms with Crippen molar-refractivity contribution in [2.45, 2.75) is 41.0 Å². The molecule has 2 nitrogen and oxygen atoms in total. The number of hydrogen-bond acceptors (Lipinski definition) is 1. The topological polar surface area (TPSA) is 37.3 Å². The van der Waals surface area contributed by atoms with Crippen LogP contribution in [0.1, 0.15) is 41.0 Å². The third kappa shape index (κ3) is 2.21. The van der Waals surface area contributed by atoms with Crippen LogP contribution < -0.4 is 0 Å². The Balaban J connectivity index is 3.21. The van der Waals surface area contributed by atoms with Gasteiger partial charge in [-0.05, 0) is 32.6 Å². The van der Waals surface area contributed by atoms with E-state index in [9.17, 15) is 9.90 Å². The summed E-state index contributed by atoms with van der Waals surface area (Å²) in [4.78, 5) is 11.5. The molecule has 1 unspecified atom stereocenters. The Morgan fingerprint density at radius 2 is 2.00 bits per heavy atom. The van der Waals surface area contributed by atoms with Crippen molar-refractivity contribution >= 4 is 5.97 Å². The van der Waals surface area contributed by atoms with Gasteiger partial charge >= 0.3 is 5.97 Å². The van der Waals surface area contributed by atoms with Crippen molar-refractivity contribution < 1.29 is 9.90 Å². The van der Waals surface area contributed by atoms with Crippen molar-refractivity contribution in [2.24, 2.45) is 16.7 Å². The third-order valence-corrected chi connectivity index (χ3v) is 3.68. The van der Waals surface area contributed by atoms with E-state index in [2.05, 4.69) is 26.0 Å². The molecule has 16 heavy (non-hydrogen) atoms. The molecule has 0 aliphatic heterocycles. The number of carbonyl (C=O) groups is 1. The van der Waals surface area contributed by atoms with Gasteiger partial charge in [0, 0.05) is 5.92 Å². The van der Waals surface area contributed by atoms with E-state index < -0.39 is 11.4 Å². The quantitative estimate of drug-likeness (QED) is 0.724. The van der Waals surface area contributed by atoms with Gasteiger partial charge in [0.25, 0.3) is 0 Å². The number of rotatable bonds is 2. The first-order chi connectivity index (χ1) is 7.23. The van der Waals surface area contributed by atoms with Gasteiger partial charge in [-0.2, -0.15) is 0 Å². The lowest BCUT2D eigenvalue weighted by Crippen LogP contribution is -2.41. The van der Waals surface area contributed by atoms with Gasteiger partial charge in [0.05, 0.1) is 5.41 Å². The van der Waals surface area contributed by atoms with Crippen molar-refractivity contribution in [3.05, 3.63) is 23.8 Å². The molecule has 0 aromatic rings. The van der Waals surface area contributed by atoms with Gasteiger partial charge in [-0.15, -0.1) is 0 Å². The fourth-order valence-electron chi connectivity index (χ4n) is 2.73. The minimum atomic E-state index is -0.698. The van der Waals surface area contributed by atoms with Crippen LogP contribution in [0, 0.1) is 16.7 Å². The molecule has 1 aliphatic carbocycles. The molecule has 0 heterocycles. The van der Waals surface area contributed by atoms with Crippen molar-refractivity contribution in [1.82, 2.24) is 0 Å². The molecule has 0 aromatic heterocycles. The van der Waals surface area contributed by atoms with Crippen LogP contribution in [-0.4, -0.2) is 11.1 Å². The molecule has 0 aromatic carbocycles. The fourth-order valence-corrected chi connectivity index (χ4v) is 2.73. The maximum absolute atomic E-state index is 11.5. The van der Waals surface area contributed by atoms with E-state index in [1.165, 1.54) is 0 Å². The monoisotopic (exact) mass is 222 g/mol. The predicted octanol–water partition coefficient (Wildman–Crippen LogP) is 3.65. The van der Waals surface area contributed by atoms with Crippen LogP contribution in [-0.2, 0) is 4.79 Å². The summed E-state index contributed by atoms with van der Waals surface area (Å²) in [5, 5.41) is 9.48. The summed E-state index contributed by atoms with van der Waals surface area (Å²) in [5.41, 5.74) is 0.420. The molecule has 0 radical (unpaired) electrons. The molecule has 2 heteroatoms. The van der Waals surface area contributed by atoms with Gasteiger partial charge in [0.15, 0.2) is 0 Å². The summed E-state index contributed by atoms with van der Waals surface area (Å²) < 4.78 is 0. The fraction of sp³-hybridized carbons (Fsp3) is 0.643. The second kappa shape index (κ2) is 4.08. The van der Waals surface area contributed by atoms with Crippen LogP contribution in [0.3, 0.4) is 0 Å². The predicted molar refractivity (Wildman–Crippen MR) is 66.2 cm³/mol. The number of carboxylic acids is 1. The molecule has 90 valence electrons. The van der Waals surface area contributed by atoms with Crippen LogP contribution in [0.5, 0.6) is 0 Å². The molecule has 0 saturated carbocycles. The van der Waals surface area contributed by atoms with Crippen LogP contribution in [0.4, 0.5) is 0 Å². The Kier molecular flexibility index (Phi) is 3.32. The summed E-state index contributed by atoms with van der Waals surface area (Å²) in [7, 11) is 0. The SMILES string of the molecule is C/C=C(\C)C1C=CC(C)(C)C[C@]1(C)C(=O)O. The summed E-state index contributed by atoms with van der Waals surface area (Å²) in [6.07, 6.45) is 6.90. The lowest BCUT2D eigenvalue weighted by molar-refractivity contribution is -0.151. The number of hydrogen-bond donors (Lipinski definition) is 1. The molecule has 1 aliphatic rings. The molecule has 0 saturated heterocycles. The first kappa shape index (κ1) is 13.0. The minimum Gasteiger partial charge on any atom is -0.481 e. The normalized spacial score (nSPS) is 33.8. The first-order valence-corrected chi connectivity index (χ1v) is 5.78. The smallest absolute Gasteiger partial charge is 0.310 e. The Morgan fingerprint density at radius 1 is 1.44 bits per heavy atom. The average molecular weight is 222 g/mol. The average Bonchev–Trinajstić information content (AvgIpc) is 2.15. The lowest BCUT2D eigenvalue weighted by Gasteiger charge is -2.42. The van der Waals surface area contributed by atoms with Gasteiger partial charge in [-0.3, -0.25) is 4.79 Å². The van der Waals surface area contributed by atoms with E-state index in [0.29, 0.717) is 6.42 Å². The van der Waals surface area contributed by atoms with Crippen LogP contribution >= 0.6 is 0 Å². The van der Waals surface area contributed by atoms with E-state index in [1.807, 2.05) is 26.8 Å². The zero-order valence-electron chi connectivity index (χ0n) is 10.9. The van der Waals surface area contributed by atoms with Crippen molar-refractivity contribution in [1.29, 1.82) is 0 Å². The number of carboxylic acid groups (broad SMARTS) is 1. The van der Waals surface area contributed by atoms with Crippen LogP contribution in [0.25, 0.3) is 0 Å². The van der Waals surface area contributed by atoms with E-state index in [-0.39, 0.29) is 11.3 Å². The highest BCUT2D eigenvalue weighted by molar-refractivity contribution is 5.76. The highest BCUT2D eigenvalue weighted by atomic mass is 16.4. The summed E-state index contributed by atoms with van der Waals surface area (Å²) in [5.74, 6) is -0.681. The number of aliphatic carboxylic acids is 1. The standard InChI is InChI=1S/C14H22O2/c1-6-10(2)11-7-8-13(3,4)9-14(11,5)12(15)16/h6-8,11H,9H2,1-5H3,(H,15,16)/b10-6+/t11?,14-/m0/s1. The molecule has 0 spiro atoms. The lowest BCUT2D eigenvalue weighted by atomic mass is 9.61. The summed E-state index contributed by atoms with van der Waals surface area (Å²) >= 11 is 0. The van der Waals surface area contributed by atoms with Crippen molar-refractivity contribution in [3.8, 4) is 0 Å². The molecular weight excluding hydrogens is 200 g/mol. The maximum Gasteiger partial charge on any atom is 0.310 e. The molecule has 1 N–H and O–H groups in total. The second-order valence-corrected chi connectivity index (χ2v) is 5.76. The molecule has 2 atom stereocenters. The molecule has 0 amide bonds. The zero-order valence-corrected chi connectivity index (χ0v) is 10.9. The highest BCUT2D eigenvalue weighted by Gasteiger charge is 2.46. The van der Waals surface area contributed by atoms with Gasteiger partial charge < -0.3 is 5.11 Å². The van der Waals surface area contributed by atoms with Crippen LogP contribution in [0.2, 0.25) is 0 Å². The van der Waals surface area contributed by atoms with E-state index in [0.717, 1.165) is 5.57 Å². The van der Waals surface area contributed by atoms with E-state index in [1.54, 1.807) is 0 Å². The molecule has 0 bridgehead atoms. The third-order valence-electron chi connectivity index (χ3n) is 3.68. The largest absolute Gasteiger partial charge is 0.481 e. The zero-order chi connectivity index (χ0) is 12.6. The van der Waals surface area contributed by atoms with Gasteiger partial charge in [0.2, 0.25) is 0 Å². The van der Waals surface area contributed by atoms with Gasteiger partial charge in [-0.1, -0.05) is 37.6 Å². The maximum atomic E-state index is 11.5. The van der Waals surface area contributed by atoms with Crippen LogP contribution in [0.15, 0.2) is 23.8 Å². The van der Waals surface area contributed by atoms with Crippen molar-refractivity contribution in [2.75, 3.05) is 0 Å². The minimum absolute atomic E-state index is 0.0167. The van der Waals surface area contributed by atoms with Crippen molar-refractivity contribution in [3.63, 3.8) is 0 Å². The first-order valence-electron chi connectivity index (χ1n) is 5.78. The Bertz CT molecular complexity index is 350. The van der Waals surface area contributed by atoms with Gasteiger partial charge in [0.1, 0.15) is 0 Å². The van der Waals surface area contributed by atoms with Gasteiger partial charge in [-0.25, -0.2) is 0 Å². The van der Waals surface area contributed by atoms with E-state index >= 15 is 0 Å². The Labute approximate surface area is 98.1 Å². The summed E-state index contributed by atoms with van der Waals surface area (Å²) in [6, 6.07) is 0. The second-order valence-electron chi connectivity index (χ2n) is 5.76. The van der Waals surface area contributed by atoms with E-state index in [4.69, 9.17) is 0 Å². The Hall–Kier alpha value is -1.05. The molecule has 1 rings (SSSR count). The summed E-state index contributed by atoms with van der Waals surface area (Å²) in [6.45, 7) is 10.0. The Morgan fingerprint density at radius 3 is 2.44 bits per heavy atom. The molecule has 0 fully saturated rings. The molecular formula is C14H22O2.